The number of carbonyl (C=O) groups is 4. The first kappa shape index (κ1) is 26.6. The Labute approximate surface area is 209 Å². The maximum absolute atomic E-state index is 17.2. The van der Waals surface area contributed by atoms with E-state index in [1.54, 1.807) is 13.8 Å². The standard InChI is InChI=1S/C27H34F2O7/c1-5-6-23(34)36-26(22(33)14-35-15(2)30)10-8-17-18-12-20(28)19-11-16(31)7-9-24(19,3)27(18,29)21(32)13-25(17,26)4/h7,9,11,17-18,20-21,32H,5-6,8,10,12-14H2,1-4H3/t17-,18-,20?,21-,24-,25-,26-,27-/m0/s1. The lowest BCUT2D eigenvalue weighted by Crippen LogP contribution is -2.70. The molecule has 3 saturated carbocycles. The van der Waals surface area contributed by atoms with Crippen molar-refractivity contribution >= 4 is 23.5 Å². The number of fused-ring (bicyclic) bond motifs is 5. The maximum Gasteiger partial charge on any atom is 0.306 e. The molecule has 1 unspecified atom stereocenters. The number of alkyl halides is 2. The van der Waals surface area contributed by atoms with E-state index in [9.17, 15) is 24.3 Å². The highest BCUT2D eigenvalue weighted by Gasteiger charge is 2.76. The van der Waals surface area contributed by atoms with Gasteiger partial charge in [0.05, 0.1) is 6.10 Å². The Kier molecular flexibility index (Phi) is 6.55. The third-order valence-corrected chi connectivity index (χ3v) is 9.35. The summed E-state index contributed by atoms with van der Waals surface area (Å²) in [6.45, 7) is 5.50. The lowest BCUT2D eigenvalue weighted by Gasteiger charge is -2.63. The van der Waals surface area contributed by atoms with Crippen LogP contribution >= 0.6 is 0 Å². The van der Waals surface area contributed by atoms with E-state index in [1.165, 1.54) is 19.1 Å². The minimum absolute atomic E-state index is 0.0148. The van der Waals surface area contributed by atoms with Gasteiger partial charge in [0.1, 0.15) is 6.17 Å². The fourth-order valence-corrected chi connectivity index (χ4v) is 7.61. The molecule has 9 heteroatoms. The number of hydrogen-bond acceptors (Lipinski definition) is 7. The fourth-order valence-electron chi connectivity index (χ4n) is 7.61. The van der Waals surface area contributed by atoms with E-state index in [1.807, 2.05) is 0 Å². The number of hydrogen-bond donors (Lipinski definition) is 1. The lowest BCUT2D eigenvalue weighted by molar-refractivity contribution is -0.229. The molecule has 0 heterocycles. The van der Waals surface area contributed by atoms with Crippen molar-refractivity contribution in [2.24, 2.45) is 22.7 Å². The number of aliphatic hydroxyl groups is 1. The zero-order valence-corrected chi connectivity index (χ0v) is 21.1. The van der Waals surface area contributed by atoms with Crippen molar-refractivity contribution in [1.82, 2.24) is 0 Å². The van der Waals surface area contributed by atoms with Crippen LogP contribution in [0, 0.1) is 22.7 Å². The summed E-state index contributed by atoms with van der Waals surface area (Å²) >= 11 is 0. The van der Waals surface area contributed by atoms with E-state index in [2.05, 4.69) is 0 Å². The summed E-state index contributed by atoms with van der Waals surface area (Å²) in [5.74, 6) is -3.96. The van der Waals surface area contributed by atoms with Gasteiger partial charge in [-0.15, -0.1) is 0 Å². The quantitative estimate of drug-likeness (QED) is 0.547. The monoisotopic (exact) mass is 508 g/mol. The second-order valence-electron chi connectivity index (χ2n) is 11.2. The summed E-state index contributed by atoms with van der Waals surface area (Å²) in [7, 11) is 0. The van der Waals surface area contributed by atoms with E-state index in [-0.39, 0.29) is 37.7 Å². The molecule has 8 atom stereocenters. The number of ketones is 2. The van der Waals surface area contributed by atoms with Crippen molar-refractivity contribution in [1.29, 1.82) is 0 Å². The number of aliphatic hydroxyl groups excluding tert-OH is 1. The Morgan fingerprint density at radius 2 is 1.92 bits per heavy atom. The summed E-state index contributed by atoms with van der Waals surface area (Å²) in [5.41, 5.74) is -6.80. The van der Waals surface area contributed by atoms with E-state index in [0.717, 1.165) is 13.0 Å². The Bertz CT molecular complexity index is 1050. The van der Waals surface area contributed by atoms with Gasteiger partial charge in [0.25, 0.3) is 0 Å². The van der Waals surface area contributed by atoms with Crippen LogP contribution in [0.3, 0.4) is 0 Å². The molecule has 0 spiro atoms. The molecule has 1 N–H and O–H groups in total. The molecule has 0 aromatic rings. The molecule has 4 aliphatic carbocycles. The fraction of sp³-hybridized carbons (Fsp3) is 0.704. The van der Waals surface area contributed by atoms with Gasteiger partial charge in [-0.25, -0.2) is 8.78 Å². The van der Waals surface area contributed by atoms with E-state index >= 15 is 8.78 Å². The lowest BCUT2D eigenvalue weighted by atomic mass is 9.44. The Morgan fingerprint density at radius 1 is 1.22 bits per heavy atom. The van der Waals surface area contributed by atoms with Crippen LogP contribution in [-0.4, -0.2) is 58.8 Å². The molecule has 0 saturated heterocycles. The van der Waals surface area contributed by atoms with Gasteiger partial charge in [-0.2, -0.15) is 0 Å². The average molecular weight is 509 g/mol. The number of allylic oxidation sites excluding steroid dienone is 4. The number of carbonyl (C=O) groups excluding carboxylic acids is 4. The van der Waals surface area contributed by atoms with Gasteiger partial charge in [-0.1, -0.05) is 19.9 Å². The molecular formula is C27H34F2O7. The van der Waals surface area contributed by atoms with Gasteiger partial charge >= 0.3 is 11.9 Å². The zero-order valence-electron chi connectivity index (χ0n) is 21.1. The third kappa shape index (κ3) is 3.52. The SMILES string of the molecule is CCCC(=O)O[C@]1(C(=O)COC(C)=O)CC[C@H]2[C@@H]3CC(F)C4=CC(=O)C=C[C@]4(C)[C@@]3(F)[C@@H](O)C[C@@]21C. The number of rotatable bonds is 6. The number of ether oxygens (including phenoxy) is 2. The number of halogens is 2. The van der Waals surface area contributed by atoms with E-state index in [4.69, 9.17) is 9.47 Å². The normalized spacial score (nSPS) is 43.1. The number of esters is 2. The molecule has 0 radical (unpaired) electrons. The van der Waals surface area contributed by atoms with Gasteiger partial charge < -0.3 is 14.6 Å². The second kappa shape index (κ2) is 8.85. The Balaban J connectivity index is 1.80. The molecular weight excluding hydrogens is 474 g/mol. The van der Waals surface area contributed by atoms with Crippen LogP contribution in [0.5, 0.6) is 0 Å². The molecule has 0 aromatic heterocycles. The zero-order chi connectivity index (χ0) is 26.7. The minimum Gasteiger partial charge on any atom is -0.458 e. The molecule has 0 aliphatic heterocycles. The smallest absolute Gasteiger partial charge is 0.306 e. The van der Waals surface area contributed by atoms with Crippen LogP contribution in [0.4, 0.5) is 8.78 Å². The first-order valence-electron chi connectivity index (χ1n) is 12.6. The third-order valence-electron chi connectivity index (χ3n) is 9.35. The summed E-state index contributed by atoms with van der Waals surface area (Å²) in [4.78, 5) is 49.6. The molecule has 0 bridgehead atoms. The molecule has 3 fully saturated rings. The van der Waals surface area contributed by atoms with Crippen molar-refractivity contribution in [3.8, 4) is 0 Å². The average Bonchev–Trinajstić information content (AvgIpc) is 3.08. The van der Waals surface area contributed by atoms with Crippen LogP contribution in [-0.2, 0) is 28.7 Å². The van der Waals surface area contributed by atoms with Gasteiger partial charge in [-0.3, -0.25) is 19.2 Å². The first-order valence-corrected chi connectivity index (χ1v) is 12.6. The van der Waals surface area contributed by atoms with Crippen molar-refractivity contribution in [2.75, 3.05) is 6.61 Å². The van der Waals surface area contributed by atoms with Crippen LogP contribution in [0.1, 0.15) is 66.2 Å². The van der Waals surface area contributed by atoms with Crippen LogP contribution < -0.4 is 0 Å². The van der Waals surface area contributed by atoms with Crippen LogP contribution in [0.15, 0.2) is 23.8 Å². The molecule has 198 valence electrons. The molecule has 0 amide bonds. The van der Waals surface area contributed by atoms with Gasteiger partial charge in [0, 0.05) is 30.1 Å². The second-order valence-corrected chi connectivity index (χ2v) is 11.2. The highest BCUT2D eigenvalue weighted by molar-refractivity contribution is 6.01. The summed E-state index contributed by atoms with van der Waals surface area (Å²) in [6, 6.07) is 0. The predicted molar refractivity (Wildman–Crippen MR) is 124 cm³/mol. The molecule has 7 nitrogen and oxygen atoms in total. The Morgan fingerprint density at radius 3 is 2.56 bits per heavy atom. The summed E-state index contributed by atoms with van der Waals surface area (Å²) < 4.78 is 43.6. The molecule has 0 aromatic carbocycles. The van der Waals surface area contributed by atoms with Crippen molar-refractivity contribution < 1.29 is 42.5 Å². The van der Waals surface area contributed by atoms with E-state index in [0.29, 0.717) is 6.42 Å². The summed E-state index contributed by atoms with van der Waals surface area (Å²) in [5, 5.41) is 11.4. The highest BCUT2D eigenvalue weighted by Crippen LogP contribution is 2.70. The van der Waals surface area contributed by atoms with E-state index < -0.39 is 76.3 Å². The van der Waals surface area contributed by atoms with Crippen LogP contribution in [0.2, 0.25) is 0 Å². The first-order chi connectivity index (χ1) is 16.8. The van der Waals surface area contributed by atoms with Crippen molar-refractivity contribution in [2.45, 2.75) is 89.8 Å². The molecule has 36 heavy (non-hydrogen) atoms. The van der Waals surface area contributed by atoms with Crippen LogP contribution in [0.25, 0.3) is 0 Å². The van der Waals surface area contributed by atoms with Gasteiger partial charge in [-0.05, 0) is 62.7 Å². The predicted octanol–water partition coefficient (Wildman–Crippen LogP) is 3.52. The van der Waals surface area contributed by atoms with Gasteiger partial charge in [0.2, 0.25) is 5.78 Å². The van der Waals surface area contributed by atoms with Crippen molar-refractivity contribution in [3.63, 3.8) is 0 Å². The largest absolute Gasteiger partial charge is 0.458 e. The highest BCUT2D eigenvalue weighted by atomic mass is 19.1. The molecule has 4 aliphatic rings. The maximum atomic E-state index is 17.2. The number of Topliss-reactive ketones (excluding diaryl/α,β-unsaturated/α-hetero) is 1. The minimum atomic E-state index is -2.30. The molecule has 4 rings (SSSR count). The Hall–Kier alpha value is -2.42. The topological polar surface area (TPSA) is 107 Å². The summed E-state index contributed by atoms with van der Waals surface area (Å²) in [6.07, 6.45) is 0.783. The van der Waals surface area contributed by atoms with Crippen molar-refractivity contribution in [3.05, 3.63) is 23.8 Å². The van der Waals surface area contributed by atoms with Gasteiger partial charge in [0.15, 0.2) is 23.7 Å².